The number of carbonyl (C=O) groups excluding carboxylic acids is 1. The molecule has 8 nitrogen and oxygen atoms in total. The van der Waals surface area contributed by atoms with Crippen LogP contribution >= 0.6 is 22.7 Å². The zero-order valence-electron chi connectivity index (χ0n) is 19.8. The van der Waals surface area contributed by atoms with E-state index in [1.54, 1.807) is 6.07 Å². The molecule has 2 saturated heterocycles. The Hall–Kier alpha value is -2.34. The predicted molar refractivity (Wildman–Crippen MR) is 137 cm³/mol. The lowest BCUT2D eigenvalue weighted by Crippen LogP contribution is -2.50. The lowest BCUT2D eigenvalue weighted by Gasteiger charge is -2.31. The average Bonchev–Trinajstić information content (AvgIpc) is 3.54. The molecule has 0 aromatic carbocycles. The third-order valence-corrected chi connectivity index (χ3v) is 10.0. The predicted octanol–water partition coefficient (Wildman–Crippen LogP) is 3.01. The summed E-state index contributed by atoms with van der Waals surface area (Å²) < 4.78 is 22.2. The van der Waals surface area contributed by atoms with Crippen molar-refractivity contribution in [3.8, 4) is 0 Å². The highest BCUT2D eigenvalue weighted by Crippen LogP contribution is 2.41. The molecule has 186 valence electrons. The van der Waals surface area contributed by atoms with Gasteiger partial charge in [-0.15, -0.1) is 22.7 Å². The largest absolute Gasteiger partial charge is 0.396 e. The van der Waals surface area contributed by atoms with Gasteiger partial charge in [0, 0.05) is 24.9 Å². The van der Waals surface area contributed by atoms with Crippen LogP contribution in [0.3, 0.4) is 0 Å². The van der Waals surface area contributed by atoms with Crippen molar-refractivity contribution in [1.82, 2.24) is 15.3 Å². The molecule has 2 fully saturated rings. The Morgan fingerprint density at radius 3 is 2.91 bits per heavy atom. The molecule has 1 spiro atoms. The number of aryl methyl sites for hydroxylation is 2. The Morgan fingerprint density at radius 2 is 2.17 bits per heavy atom. The highest BCUT2D eigenvalue weighted by Gasteiger charge is 2.53. The van der Waals surface area contributed by atoms with Crippen molar-refractivity contribution in [3.63, 3.8) is 0 Å². The summed E-state index contributed by atoms with van der Waals surface area (Å²) in [6, 6.07) is 1.30. The van der Waals surface area contributed by atoms with E-state index in [1.165, 1.54) is 22.7 Å². The first-order valence-electron chi connectivity index (χ1n) is 12.0. The van der Waals surface area contributed by atoms with E-state index in [1.807, 2.05) is 11.8 Å². The number of nitrogens with one attached hydrogen (secondary N) is 1. The van der Waals surface area contributed by atoms with Gasteiger partial charge in [0.15, 0.2) is 11.6 Å². The minimum absolute atomic E-state index is 0.104. The van der Waals surface area contributed by atoms with Crippen LogP contribution in [0.25, 0.3) is 9.53 Å². The summed E-state index contributed by atoms with van der Waals surface area (Å²) >= 11 is 2.82. The highest BCUT2D eigenvalue weighted by molar-refractivity contribution is 7.29. The summed E-state index contributed by atoms with van der Waals surface area (Å²) in [4.78, 5) is 25.3. The zero-order valence-corrected chi connectivity index (χ0v) is 21.4. The van der Waals surface area contributed by atoms with Gasteiger partial charge in [-0.25, -0.2) is 14.4 Å². The van der Waals surface area contributed by atoms with Crippen molar-refractivity contribution in [3.05, 3.63) is 33.0 Å². The summed E-state index contributed by atoms with van der Waals surface area (Å²) in [5.41, 5.74) is 14.5. The molecule has 35 heavy (non-hydrogen) atoms. The molecule has 4 unspecified atom stereocenters. The summed E-state index contributed by atoms with van der Waals surface area (Å²) in [6.45, 7) is 5.87. The number of carbonyl (C=O) groups is 1. The maximum absolute atomic E-state index is 15.3. The van der Waals surface area contributed by atoms with Crippen LogP contribution in [0.5, 0.6) is 0 Å². The first kappa shape index (κ1) is 23.1. The molecular formula is C24H29FN6O2S2. The Morgan fingerprint density at radius 1 is 1.34 bits per heavy atom. The Labute approximate surface area is 210 Å². The Bertz CT molecular complexity index is 1330. The Kier molecular flexibility index (Phi) is 5.51. The molecule has 5 N–H and O–H groups in total. The number of aromatic nitrogens is 2. The minimum Gasteiger partial charge on any atom is -0.396 e. The van der Waals surface area contributed by atoms with Crippen LogP contribution < -0.4 is 21.7 Å². The van der Waals surface area contributed by atoms with E-state index < -0.39 is 5.60 Å². The lowest BCUT2D eigenvalue weighted by molar-refractivity contribution is -0.0109. The number of hydrogen-bond donors (Lipinski definition) is 3. The van der Waals surface area contributed by atoms with Crippen LogP contribution in [-0.2, 0) is 17.6 Å². The normalized spacial score (nSPS) is 28.2. The maximum atomic E-state index is 15.3. The molecule has 3 aromatic rings. The molecule has 2 aliphatic heterocycles. The summed E-state index contributed by atoms with van der Waals surface area (Å²) in [5.74, 6) is 0.140. The number of amides is 1. The van der Waals surface area contributed by atoms with Crippen molar-refractivity contribution in [2.24, 2.45) is 11.7 Å². The fourth-order valence-electron chi connectivity index (χ4n) is 5.81. The second kappa shape index (κ2) is 8.36. The van der Waals surface area contributed by atoms with Crippen molar-refractivity contribution < 1.29 is 13.9 Å². The first-order valence-corrected chi connectivity index (χ1v) is 13.7. The summed E-state index contributed by atoms with van der Waals surface area (Å²) in [5, 5.41) is 4.02. The molecule has 6 rings (SSSR count). The number of halogens is 1. The van der Waals surface area contributed by atoms with E-state index >= 15 is 4.39 Å². The Balaban J connectivity index is 1.17. The molecule has 0 radical (unpaired) electrons. The van der Waals surface area contributed by atoms with Crippen molar-refractivity contribution in [2.45, 2.75) is 57.2 Å². The monoisotopic (exact) mass is 516 g/mol. The number of ether oxygens (including phenoxy) is 1. The second-order valence-electron chi connectivity index (χ2n) is 10.0. The number of pyridine rings is 1. The van der Waals surface area contributed by atoms with Crippen LogP contribution in [-0.4, -0.2) is 53.3 Å². The van der Waals surface area contributed by atoms with E-state index in [2.05, 4.69) is 17.2 Å². The van der Waals surface area contributed by atoms with Crippen molar-refractivity contribution in [1.29, 1.82) is 0 Å². The van der Waals surface area contributed by atoms with Gasteiger partial charge in [-0.2, -0.15) is 0 Å². The number of rotatable bonds is 3. The van der Waals surface area contributed by atoms with Crippen LogP contribution in [0.1, 0.15) is 45.7 Å². The van der Waals surface area contributed by atoms with Gasteiger partial charge in [-0.1, -0.05) is 6.92 Å². The fraction of sp³-hybridized carbons (Fsp3) is 0.542. The molecule has 3 aliphatic rings. The first-order chi connectivity index (χ1) is 16.7. The van der Waals surface area contributed by atoms with Crippen LogP contribution in [0, 0.1) is 18.7 Å². The number of anilines is 2. The van der Waals surface area contributed by atoms with E-state index in [-0.39, 0.29) is 23.8 Å². The SMILES string of the molecule is Cc1nc2sc(C(=O)NC3CCc4nc(N5CC(N)C6(C5)OCCC6C)c(F)cc4C3)c(N)c2s1. The smallest absolute Gasteiger partial charge is 0.263 e. The van der Waals surface area contributed by atoms with Gasteiger partial charge in [0.25, 0.3) is 5.91 Å². The van der Waals surface area contributed by atoms with Crippen molar-refractivity contribution in [2.75, 3.05) is 30.3 Å². The molecule has 1 aliphatic carbocycles. The third-order valence-electron chi connectivity index (χ3n) is 7.79. The van der Waals surface area contributed by atoms with Crippen LogP contribution in [0.2, 0.25) is 0 Å². The molecule has 11 heteroatoms. The van der Waals surface area contributed by atoms with E-state index in [0.717, 1.165) is 38.6 Å². The number of fused-ring (bicyclic) bond motifs is 2. The number of nitrogens with two attached hydrogens (primary N) is 2. The molecule has 3 aromatic heterocycles. The van der Waals surface area contributed by atoms with Gasteiger partial charge in [0.05, 0.1) is 28.0 Å². The van der Waals surface area contributed by atoms with E-state index in [9.17, 15) is 4.79 Å². The van der Waals surface area contributed by atoms with Crippen LogP contribution in [0.4, 0.5) is 15.9 Å². The van der Waals surface area contributed by atoms with Crippen molar-refractivity contribution >= 4 is 49.6 Å². The quantitative estimate of drug-likeness (QED) is 0.490. The maximum Gasteiger partial charge on any atom is 0.263 e. The standard InChI is InChI=1S/C24H29FN6O2S2/c1-11-5-6-33-24(11)10-31(9-17(24)26)21-15(25)8-13-7-14(3-4-16(13)30-21)29-22(32)19-18(27)20-23(35-19)28-12(2)34-20/h8,11,14,17H,3-7,9-10,26-27H2,1-2H3,(H,29,32). The topological polar surface area (TPSA) is 119 Å². The zero-order chi connectivity index (χ0) is 24.5. The number of nitrogen functional groups attached to an aromatic ring is 1. The molecular weight excluding hydrogens is 487 g/mol. The van der Waals surface area contributed by atoms with Crippen LogP contribution in [0.15, 0.2) is 6.07 Å². The summed E-state index contributed by atoms with van der Waals surface area (Å²) in [6.07, 6.45) is 2.91. The average molecular weight is 517 g/mol. The number of thiazole rings is 1. The summed E-state index contributed by atoms with van der Waals surface area (Å²) in [7, 11) is 0. The van der Waals surface area contributed by atoms with Gasteiger partial charge in [-0.05, 0) is 50.2 Å². The highest BCUT2D eigenvalue weighted by atomic mass is 32.1. The third kappa shape index (κ3) is 3.71. The van der Waals surface area contributed by atoms with E-state index in [0.29, 0.717) is 54.8 Å². The van der Waals surface area contributed by atoms with Gasteiger partial charge in [0.1, 0.15) is 15.3 Å². The molecule has 0 saturated carbocycles. The van der Waals surface area contributed by atoms with E-state index in [4.69, 9.17) is 21.2 Å². The molecule has 5 heterocycles. The van der Waals surface area contributed by atoms with Gasteiger partial charge >= 0.3 is 0 Å². The van der Waals surface area contributed by atoms with Gasteiger partial charge in [-0.3, -0.25) is 4.79 Å². The molecule has 4 atom stereocenters. The number of hydrogen-bond acceptors (Lipinski definition) is 9. The second-order valence-corrected chi connectivity index (χ2v) is 12.2. The van der Waals surface area contributed by atoms with Gasteiger partial charge < -0.3 is 26.4 Å². The molecule has 0 bridgehead atoms. The number of thiophene rings is 1. The fourth-order valence-corrected chi connectivity index (χ4v) is 7.90. The minimum atomic E-state index is -0.425. The lowest BCUT2D eigenvalue weighted by atomic mass is 9.85. The number of nitrogens with zero attached hydrogens (tertiary/aromatic N) is 3. The van der Waals surface area contributed by atoms with Gasteiger partial charge in [0.2, 0.25) is 0 Å². The molecule has 1 amide bonds.